The molecule has 0 fully saturated rings. The molecule has 1 heterocycles. The third-order valence-corrected chi connectivity index (χ3v) is 2.09. The van der Waals surface area contributed by atoms with Gasteiger partial charge in [-0.3, -0.25) is 0 Å². The summed E-state index contributed by atoms with van der Waals surface area (Å²) in [5.74, 6) is 0. The SMILES string of the molecule is Nc1cccc(C(O)c2ccoc2)c1. The second kappa shape index (κ2) is 3.55. The molecule has 3 heteroatoms. The standard InChI is InChI=1S/C11H11NO2/c12-10-3-1-2-8(6-10)11(13)9-4-5-14-7-9/h1-7,11,13H,12H2. The molecular formula is C11H11NO2. The zero-order chi connectivity index (χ0) is 9.97. The van der Waals surface area contributed by atoms with Gasteiger partial charge in [0.05, 0.1) is 12.5 Å². The van der Waals surface area contributed by atoms with Crippen molar-refractivity contribution in [2.75, 3.05) is 5.73 Å². The van der Waals surface area contributed by atoms with Gasteiger partial charge in [0.15, 0.2) is 0 Å². The first-order chi connectivity index (χ1) is 6.77. The normalized spacial score (nSPS) is 12.6. The van der Waals surface area contributed by atoms with Crippen molar-refractivity contribution in [3.8, 4) is 0 Å². The van der Waals surface area contributed by atoms with Crippen molar-refractivity contribution in [1.82, 2.24) is 0 Å². The second-order valence-electron chi connectivity index (χ2n) is 3.13. The number of aliphatic hydroxyl groups is 1. The molecule has 0 aliphatic rings. The Bertz CT molecular complexity index is 409. The molecule has 1 aromatic carbocycles. The number of nitrogen functional groups attached to an aromatic ring is 1. The molecule has 0 saturated carbocycles. The van der Waals surface area contributed by atoms with E-state index in [4.69, 9.17) is 10.2 Å². The van der Waals surface area contributed by atoms with Crippen molar-refractivity contribution < 1.29 is 9.52 Å². The maximum Gasteiger partial charge on any atom is 0.107 e. The van der Waals surface area contributed by atoms with Crippen LogP contribution in [0.4, 0.5) is 5.69 Å². The minimum atomic E-state index is -0.669. The molecule has 14 heavy (non-hydrogen) atoms. The van der Waals surface area contributed by atoms with E-state index in [0.29, 0.717) is 5.69 Å². The molecule has 3 nitrogen and oxygen atoms in total. The molecule has 0 aliphatic heterocycles. The van der Waals surface area contributed by atoms with Gasteiger partial charge >= 0.3 is 0 Å². The maximum atomic E-state index is 9.89. The summed E-state index contributed by atoms with van der Waals surface area (Å²) in [7, 11) is 0. The molecule has 0 spiro atoms. The smallest absolute Gasteiger partial charge is 0.107 e. The molecule has 72 valence electrons. The van der Waals surface area contributed by atoms with Gasteiger partial charge in [-0.2, -0.15) is 0 Å². The monoisotopic (exact) mass is 189 g/mol. The van der Waals surface area contributed by atoms with Gasteiger partial charge in [-0.15, -0.1) is 0 Å². The summed E-state index contributed by atoms with van der Waals surface area (Å²) in [4.78, 5) is 0. The summed E-state index contributed by atoms with van der Waals surface area (Å²) < 4.78 is 4.90. The van der Waals surface area contributed by atoms with E-state index in [1.807, 2.05) is 12.1 Å². The number of hydrogen-bond acceptors (Lipinski definition) is 3. The number of aliphatic hydroxyl groups excluding tert-OH is 1. The predicted octanol–water partition coefficient (Wildman–Crippen LogP) is 1.94. The Hall–Kier alpha value is -1.74. The van der Waals surface area contributed by atoms with Crippen molar-refractivity contribution in [3.05, 3.63) is 54.0 Å². The number of furan rings is 1. The van der Waals surface area contributed by atoms with E-state index in [0.717, 1.165) is 11.1 Å². The number of nitrogens with two attached hydrogens (primary N) is 1. The van der Waals surface area contributed by atoms with Crippen LogP contribution >= 0.6 is 0 Å². The van der Waals surface area contributed by atoms with Crippen LogP contribution in [0.5, 0.6) is 0 Å². The fraction of sp³-hybridized carbons (Fsp3) is 0.0909. The molecule has 0 bridgehead atoms. The molecular weight excluding hydrogens is 178 g/mol. The molecule has 0 radical (unpaired) electrons. The number of rotatable bonds is 2. The Morgan fingerprint density at radius 3 is 2.71 bits per heavy atom. The van der Waals surface area contributed by atoms with Crippen LogP contribution in [-0.4, -0.2) is 5.11 Å². The average Bonchev–Trinajstić information content (AvgIpc) is 2.69. The lowest BCUT2D eigenvalue weighted by Gasteiger charge is -2.08. The highest BCUT2D eigenvalue weighted by Gasteiger charge is 2.10. The Morgan fingerprint density at radius 1 is 1.21 bits per heavy atom. The predicted molar refractivity (Wildman–Crippen MR) is 53.6 cm³/mol. The lowest BCUT2D eigenvalue weighted by Crippen LogP contribution is -1.98. The van der Waals surface area contributed by atoms with E-state index in [1.165, 1.54) is 12.5 Å². The molecule has 1 unspecified atom stereocenters. The van der Waals surface area contributed by atoms with Gasteiger partial charge in [0.2, 0.25) is 0 Å². The fourth-order valence-corrected chi connectivity index (χ4v) is 1.35. The largest absolute Gasteiger partial charge is 0.472 e. The summed E-state index contributed by atoms with van der Waals surface area (Å²) in [6.45, 7) is 0. The summed E-state index contributed by atoms with van der Waals surface area (Å²) in [5.41, 5.74) is 7.76. The lowest BCUT2D eigenvalue weighted by atomic mass is 10.0. The van der Waals surface area contributed by atoms with Crippen molar-refractivity contribution in [1.29, 1.82) is 0 Å². The summed E-state index contributed by atoms with van der Waals surface area (Å²) in [5, 5.41) is 9.89. The average molecular weight is 189 g/mol. The molecule has 2 aromatic rings. The molecule has 3 N–H and O–H groups in total. The Balaban J connectivity index is 2.32. The zero-order valence-electron chi connectivity index (χ0n) is 7.55. The minimum absolute atomic E-state index is 0.644. The van der Waals surface area contributed by atoms with Gasteiger partial charge in [-0.05, 0) is 23.8 Å². The lowest BCUT2D eigenvalue weighted by molar-refractivity contribution is 0.219. The highest BCUT2D eigenvalue weighted by atomic mass is 16.3. The topological polar surface area (TPSA) is 59.4 Å². The van der Waals surface area contributed by atoms with Gasteiger partial charge in [0.25, 0.3) is 0 Å². The van der Waals surface area contributed by atoms with Gasteiger partial charge in [-0.25, -0.2) is 0 Å². The second-order valence-corrected chi connectivity index (χ2v) is 3.13. The first-order valence-electron chi connectivity index (χ1n) is 4.33. The van der Waals surface area contributed by atoms with Crippen molar-refractivity contribution in [3.63, 3.8) is 0 Å². The van der Waals surface area contributed by atoms with Crippen LogP contribution in [0.2, 0.25) is 0 Å². The van der Waals surface area contributed by atoms with E-state index < -0.39 is 6.10 Å². The van der Waals surface area contributed by atoms with Crippen LogP contribution in [0.25, 0.3) is 0 Å². The van der Waals surface area contributed by atoms with E-state index >= 15 is 0 Å². The summed E-state index contributed by atoms with van der Waals surface area (Å²) in [6.07, 6.45) is 2.39. The summed E-state index contributed by atoms with van der Waals surface area (Å²) >= 11 is 0. The zero-order valence-corrected chi connectivity index (χ0v) is 7.55. The van der Waals surface area contributed by atoms with E-state index in [-0.39, 0.29) is 0 Å². The fourth-order valence-electron chi connectivity index (χ4n) is 1.35. The van der Waals surface area contributed by atoms with Crippen LogP contribution in [0, 0.1) is 0 Å². The number of hydrogen-bond donors (Lipinski definition) is 2. The van der Waals surface area contributed by atoms with Crippen molar-refractivity contribution in [2.45, 2.75) is 6.10 Å². The maximum absolute atomic E-state index is 9.89. The molecule has 2 rings (SSSR count). The first kappa shape index (κ1) is 8.84. The molecule has 0 aliphatic carbocycles. The van der Waals surface area contributed by atoms with Gasteiger partial charge in [0.1, 0.15) is 6.10 Å². The van der Waals surface area contributed by atoms with E-state index in [1.54, 1.807) is 18.2 Å². The van der Waals surface area contributed by atoms with Gasteiger partial charge < -0.3 is 15.3 Å². The third kappa shape index (κ3) is 1.63. The van der Waals surface area contributed by atoms with Crippen molar-refractivity contribution in [2.24, 2.45) is 0 Å². The third-order valence-electron chi connectivity index (χ3n) is 2.09. The minimum Gasteiger partial charge on any atom is -0.472 e. The molecule has 0 saturated heterocycles. The Morgan fingerprint density at radius 2 is 2.07 bits per heavy atom. The molecule has 1 aromatic heterocycles. The van der Waals surface area contributed by atoms with Crippen LogP contribution in [0.1, 0.15) is 17.2 Å². The number of benzene rings is 1. The van der Waals surface area contributed by atoms with Gasteiger partial charge in [-0.1, -0.05) is 12.1 Å². The van der Waals surface area contributed by atoms with Crippen LogP contribution in [0.3, 0.4) is 0 Å². The Labute approximate surface area is 81.8 Å². The van der Waals surface area contributed by atoms with E-state index in [2.05, 4.69) is 0 Å². The Kier molecular flexibility index (Phi) is 2.24. The first-order valence-corrected chi connectivity index (χ1v) is 4.33. The van der Waals surface area contributed by atoms with Crippen LogP contribution < -0.4 is 5.73 Å². The summed E-state index contributed by atoms with van der Waals surface area (Å²) in [6, 6.07) is 8.90. The molecule has 1 atom stereocenters. The highest BCUT2D eigenvalue weighted by molar-refractivity contribution is 5.43. The van der Waals surface area contributed by atoms with Gasteiger partial charge in [0, 0.05) is 11.3 Å². The molecule has 0 amide bonds. The quantitative estimate of drug-likeness (QED) is 0.710. The van der Waals surface area contributed by atoms with Crippen LogP contribution in [-0.2, 0) is 0 Å². The highest BCUT2D eigenvalue weighted by Crippen LogP contribution is 2.23. The number of anilines is 1. The van der Waals surface area contributed by atoms with Crippen molar-refractivity contribution >= 4 is 5.69 Å². The van der Waals surface area contributed by atoms with E-state index in [9.17, 15) is 5.11 Å². The van der Waals surface area contributed by atoms with Crippen LogP contribution in [0.15, 0.2) is 47.3 Å².